The fourth-order valence-corrected chi connectivity index (χ4v) is 4.68. The Morgan fingerprint density at radius 3 is 2.00 bits per heavy atom. The van der Waals surface area contributed by atoms with Crippen molar-refractivity contribution in [3.63, 3.8) is 0 Å². The molecule has 1 atom stereocenters. The van der Waals surface area contributed by atoms with Crippen molar-refractivity contribution in [1.82, 2.24) is 4.72 Å². The van der Waals surface area contributed by atoms with Crippen LogP contribution in [0.1, 0.15) is 47.7 Å². The Balaban J connectivity index is 2.30. The molecule has 3 nitrogen and oxygen atoms in total. The maximum atomic E-state index is 12.8. The molecule has 0 aromatic heterocycles. The number of benzene rings is 2. The third-order valence-corrected chi connectivity index (χ3v) is 5.94. The Morgan fingerprint density at radius 2 is 1.52 bits per heavy atom. The monoisotopic (exact) mass is 331 g/mol. The van der Waals surface area contributed by atoms with Gasteiger partial charge in [0.05, 0.1) is 4.90 Å². The highest BCUT2D eigenvalue weighted by Gasteiger charge is 2.22. The smallest absolute Gasteiger partial charge is 0.207 e. The van der Waals surface area contributed by atoms with E-state index in [0.717, 1.165) is 28.7 Å². The first kappa shape index (κ1) is 17.7. The van der Waals surface area contributed by atoms with Crippen molar-refractivity contribution in [3.8, 4) is 0 Å². The quantitative estimate of drug-likeness (QED) is 0.892. The SMILES string of the molecule is CCc1ccc(C(C)NS(=O)(=O)c2c(C)cc(C)cc2C)cc1. The number of nitrogens with one attached hydrogen (secondary N) is 1. The molecule has 0 amide bonds. The molecule has 1 unspecified atom stereocenters. The first-order valence-electron chi connectivity index (χ1n) is 7.93. The molecule has 0 aliphatic carbocycles. The molecule has 2 rings (SSSR count). The lowest BCUT2D eigenvalue weighted by molar-refractivity contribution is 0.565. The van der Waals surface area contributed by atoms with E-state index < -0.39 is 10.0 Å². The van der Waals surface area contributed by atoms with Crippen molar-refractivity contribution < 1.29 is 8.42 Å². The van der Waals surface area contributed by atoms with E-state index in [-0.39, 0.29) is 6.04 Å². The van der Waals surface area contributed by atoms with Crippen LogP contribution in [0.4, 0.5) is 0 Å². The number of aryl methyl sites for hydroxylation is 4. The second kappa shape index (κ2) is 6.85. The van der Waals surface area contributed by atoms with Crippen LogP contribution in [-0.2, 0) is 16.4 Å². The van der Waals surface area contributed by atoms with Gasteiger partial charge in [-0.1, -0.05) is 48.9 Å². The Bertz CT molecular complexity index is 770. The van der Waals surface area contributed by atoms with Crippen LogP contribution in [-0.4, -0.2) is 8.42 Å². The fourth-order valence-electron chi connectivity index (χ4n) is 2.99. The first-order valence-corrected chi connectivity index (χ1v) is 9.42. The maximum absolute atomic E-state index is 12.8. The van der Waals surface area contributed by atoms with Gasteiger partial charge in [-0.05, 0) is 56.4 Å². The zero-order valence-electron chi connectivity index (χ0n) is 14.5. The lowest BCUT2D eigenvalue weighted by Gasteiger charge is -2.18. The van der Waals surface area contributed by atoms with Gasteiger partial charge in [-0.2, -0.15) is 0 Å². The van der Waals surface area contributed by atoms with Gasteiger partial charge in [-0.15, -0.1) is 0 Å². The topological polar surface area (TPSA) is 46.2 Å². The van der Waals surface area contributed by atoms with E-state index in [1.807, 2.05) is 64.1 Å². The minimum absolute atomic E-state index is 0.272. The van der Waals surface area contributed by atoms with E-state index in [9.17, 15) is 8.42 Å². The number of rotatable bonds is 5. The van der Waals surface area contributed by atoms with Crippen molar-refractivity contribution in [2.45, 2.75) is 52.0 Å². The van der Waals surface area contributed by atoms with Gasteiger partial charge >= 0.3 is 0 Å². The lowest BCUT2D eigenvalue weighted by atomic mass is 10.1. The normalized spacial score (nSPS) is 13.1. The minimum Gasteiger partial charge on any atom is -0.207 e. The van der Waals surface area contributed by atoms with Crippen LogP contribution in [0.2, 0.25) is 0 Å². The molecule has 0 aliphatic rings. The van der Waals surface area contributed by atoms with Crippen molar-refractivity contribution >= 4 is 10.0 Å². The summed E-state index contributed by atoms with van der Waals surface area (Å²) in [6.45, 7) is 9.63. The van der Waals surface area contributed by atoms with Gasteiger partial charge in [0.2, 0.25) is 10.0 Å². The largest absolute Gasteiger partial charge is 0.241 e. The highest BCUT2D eigenvalue weighted by atomic mass is 32.2. The molecule has 0 saturated heterocycles. The van der Waals surface area contributed by atoms with Gasteiger partial charge < -0.3 is 0 Å². The Hall–Kier alpha value is -1.65. The average molecular weight is 331 g/mol. The average Bonchev–Trinajstić information content (AvgIpc) is 2.45. The Labute approximate surface area is 139 Å². The highest BCUT2D eigenvalue weighted by molar-refractivity contribution is 7.89. The van der Waals surface area contributed by atoms with Gasteiger partial charge in [0.25, 0.3) is 0 Å². The van der Waals surface area contributed by atoms with Gasteiger partial charge in [-0.3, -0.25) is 0 Å². The highest BCUT2D eigenvalue weighted by Crippen LogP contribution is 2.24. The second-order valence-corrected chi connectivity index (χ2v) is 7.82. The van der Waals surface area contributed by atoms with E-state index in [1.165, 1.54) is 5.56 Å². The summed E-state index contributed by atoms with van der Waals surface area (Å²) in [4.78, 5) is 0.389. The second-order valence-electron chi connectivity index (χ2n) is 6.17. The summed E-state index contributed by atoms with van der Waals surface area (Å²) in [6, 6.07) is 11.6. The molecule has 1 N–H and O–H groups in total. The molecule has 0 bridgehead atoms. The van der Waals surface area contributed by atoms with Crippen LogP contribution < -0.4 is 4.72 Å². The van der Waals surface area contributed by atoms with Gasteiger partial charge in [0, 0.05) is 6.04 Å². The zero-order valence-corrected chi connectivity index (χ0v) is 15.3. The van der Waals surface area contributed by atoms with Crippen molar-refractivity contribution in [2.24, 2.45) is 0 Å². The minimum atomic E-state index is -3.55. The molecule has 0 radical (unpaired) electrons. The molecular formula is C19H25NO2S. The van der Waals surface area contributed by atoms with Gasteiger partial charge in [0.1, 0.15) is 0 Å². The summed E-state index contributed by atoms with van der Waals surface area (Å²) >= 11 is 0. The van der Waals surface area contributed by atoms with Crippen LogP contribution >= 0.6 is 0 Å². The van der Waals surface area contributed by atoms with E-state index >= 15 is 0 Å². The van der Waals surface area contributed by atoms with Crippen molar-refractivity contribution in [1.29, 1.82) is 0 Å². The third kappa shape index (κ3) is 4.01. The molecule has 0 fully saturated rings. The number of hydrogen-bond donors (Lipinski definition) is 1. The summed E-state index contributed by atoms with van der Waals surface area (Å²) in [5, 5.41) is 0. The third-order valence-electron chi connectivity index (χ3n) is 4.09. The van der Waals surface area contributed by atoms with Crippen molar-refractivity contribution in [3.05, 3.63) is 64.2 Å². The molecule has 124 valence electrons. The van der Waals surface area contributed by atoms with E-state index in [2.05, 4.69) is 11.6 Å². The summed E-state index contributed by atoms with van der Waals surface area (Å²) in [5.74, 6) is 0. The van der Waals surface area contributed by atoms with Crippen LogP contribution in [0.15, 0.2) is 41.3 Å². The number of sulfonamides is 1. The van der Waals surface area contributed by atoms with Crippen LogP contribution in [0, 0.1) is 20.8 Å². The molecule has 0 heterocycles. The molecular weight excluding hydrogens is 306 g/mol. The van der Waals surface area contributed by atoms with E-state index in [0.29, 0.717) is 4.90 Å². The zero-order chi connectivity index (χ0) is 17.2. The predicted octanol–water partition coefficient (Wildman–Crippen LogP) is 4.21. The predicted molar refractivity (Wildman–Crippen MR) is 95.2 cm³/mol. The Morgan fingerprint density at radius 1 is 1.00 bits per heavy atom. The Kier molecular flexibility index (Phi) is 5.27. The summed E-state index contributed by atoms with van der Waals surface area (Å²) < 4.78 is 28.4. The van der Waals surface area contributed by atoms with Gasteiger partial charge in [-0.25, -0.2) is 13.1 Å². The molecule has 0 aliphatic heterocycles. The van der Waals surface area contributed by atoms with E-state index in [1.54, 1.807) is 0 Å². The summed E-state index contributed by atoms with van der Waals surface area (Å²) in [5.41, 5.74) is 4.84. The summed E-state index contributed by atoms with van der Waals surface area (Å²) in [6.07, 6.45) is 0.974. The van der Waals surface area contributed by atoms with Crippen LogP contribution in [0.5, 0.6) is 0 Å². The fraction of sp³-hybridized carbons (Fsp3) is 0.368. The molecule has 2 aromatic rings. The molecule has 23 heavy (non-hydrogen) atoms. The lowest BCUT2D eigenvalue weighted by Crippen LogP contribution is -2.28. The van der Waals surface area contributed by atoms with Crippen LogP contribution in [0.3, 0.4) is 0 Å². The van der Waals surface area contributed by atoms with Gasteiger partial charge in [0.15, 0.2) is 0 Å². The first-order chi connectivity index (χ1) is 10.7. The summed E-state index contributed by atoms with van der Waals surface area (Å²) in [7, 11) is -3.55. The molecule has 4 heteroatoms. The van der Waals surface area contributed by atoms with Crippen LogP contribution in [0.25, 0.3) is 0 Å². The standard InChI is InChI=1S/C19H25NO2S/c1-6-17-7-9-18(10-8-17)16(5)20-23(21,22)19-14(3)11-13(2)12-15(19)4/h7-12,16,20H,6H2,1-5H3. The van der Waals surface area contributed by atoms with E-state index in [4.69, 9.17) is 0 Å². The number of hydrogen-bond acceptors (Lipinski definition) is 2. The molecule has 2 aromatic carbocycles. The van der Waals surface area contributed by atoms with Crippen molar-refractivity contribution in [2.75, 3.05) is 0 Å². The molecule has 0 saturated carbocycles. The maximum Gasteiger partial charge on any atom is 0.241 e. The molecule has 0 spiro atoms.